The summed E-state index contributed by atoms with van der Waals surface area (Å²) in [6.45, 7) is 0. The highest BCUT2D eigenvalue weighted by Crippen LogP contribution is 2.24. The Labute approximate surface area is 131 Å². The van der Waals surface area contributed by atoms with Crippen LogP contribution < -0.4 is 5.32 Å². The molecule has 2 heterocycles. The van der Waals surface area contributed by atoms with E-state index in [1.165, 1.54) is 16.2 Å². The van der Waals surface area contributed by atoms with E-state index in [0.717, 1.165) is 17.7 Å². The number of anilines is 1. The van der Waals surface area contributed by atoms with Gasteiger partial charge in [0.15, 0.2) is 5.13 Å². The molecule has 0 aliphatic heterocycles. The molecular weight excluding hydrogens is 300 g/mol. The molecule has 2 aromatic heterocycles. The second-order valence-electron chi connectivity index (χ2n) is 4.53. The fraction of sp³-hybridized carbons (Fsp3) is 0.125. The Morgan fingerprint density at radius 3 is 2.71 bits per heavy atom. The van der Waals surface area contributed by atoms with Crippen LogP contribution in [-0.2, 0) is 11.2 Å². The van der Waals surface area contributed by atoms with Crippen molar-refractivity contribution in [1.82, 2.24) is 4.98 Å². The van der Waals surface area contributed by atoms with Crippen LogP contribution in [0.3, 0.4) is 0 Å². The minimum absolute atomic E-state index is 0.0114. The average molecular weight is 314 g/mol. The van der Waals surface area contributed by atoms with Gasteiger partial charge in [-0.05, 0) is 17.9 Å². The zero-order valence-corrected chi connectivity index (χ0v) is 12.9. The second-order valence-corrected chi connectivity index (χ2v) is 6.42. The first-order chi connectivity index (χ1) is 10.3. The minimum atomic E-state index is 0.0114. The summed E-state index contributed by atoms with van der Waals surface area (Å²) in [4.78, 5) is 17.6. The van der Waals surface area contributed by atoms with Gasteiger partial charge in [0, 0.05) is 22.2 Å². The zero-order valence-electron chi connectivity index (χ0n) is 11.3. The topological polar surface area (TPSA) is 42.0 Å². The van der Waals surface area contributed by atoms with Crippen molar-refractivity contribution in [2.24, 2.45) is 0 Å². The number of thiophene rings is 1. The van der Waals surface area contributed by atoms with Gasteiger partial charge in [0.25, 0.3) is 0 Å². The van der Waals surface area contributed by atoms with Gasteiger partial charge in [0.2, 0.25) is 5.91 Å². The second kappa shape index (κ2) is 6.65. The number of aryl methyl sites for hydroxylation is 1. The Bertz CT molecular complexity index is 705. The van der Waals surface area contributed by atoms with Gasteiger partial charge in [-0.15, -0.1) is 22.7 Å². The van der Waals surface area contributed by atoms with Crippen molar-refractivity contribution >= 4 is 33.7 Å². The predicted molar refractivity (Wildman–Crippen MR) is 88.8 cm³/mol. The Kier molecular flexibility index (Phi) is 4.43. The van der Waals surface area contributed by atoms with Crippen LogP contribution in [-0.4, -0.2) is 10.9 Å². The van der Waals surface area contributed by atoms with Crippen LogP contribution in [0.4, 0.5) is 5.13 Å². The van der Waals surface area contributed by atoms with Crippen molar-refractivity contribution in [1.29, 1.82) is 0 Å². The molecule has 106 valence electrons. The molecule has 0 unspecified atom stereocenters. The van der Waals surface area contributed by atoms with Crippen LogP contribution in [0.1, 0.15) is 11.3 Å². The fourth-order valence-corrected chi connectivity index (χ4v) is 3.39. The Morgan fingerprint density at radius 1 is 1.10 bits per heavy atom. The molecule has 0 saturated heterocycles. The van der Waals surface area contributed by atoms with Gasteiger partial charge in [-0.2, -0.15) is 0 Å². The summed E-state index contributed by atoms with van der Waals surface area (Å²) in [6.07, 6.45) is 1.27. The van der Waals surface area contributed by atoms with Crippen LogP contribution in [0, 0.1) is 0 Å². The highest BCUT2D eigenvalue weighted by molar-refractivity contribution is 7.14. The zero-order chi connectivity index (χ0) is 14.5. The van der Waals surface area contributed by atoms with Crippen LogP contribution in [0.25, 0.3) is 11.3 Å². The highest BCUT2D eigenvalue weighted by atomic mass is 32.1. The maximum Gasteiger partial charge on any atom is 0.226 e. The standard InChI is InChI=1S/C16H14N2OS2/c19-15(9-8-13-7-4-10-20-13)18-16-17-14(11-21-16)12-5-2-1-3-6-12/h1-7,10-11H,8-9H2,(H,17,18,19). The molecule has 0 atom stereocenters. The third-order valence-corrected chi connectivity index (χ3v) is 4.69. The quantitative estimate of drug-likeness (QED) is 0.756. The lowest BCUT2D eigenvalue weighted by Gasteiger charge is -2.00. The molecule has 1 aromatic carbocycles. The van der Waals surface area contributed by atoms with Gasteiger partial charge in [0.05, 0.1) is 5.69 Å². The number of rotatable bonds is 5. The number of benzene rings is 1. The van der Waals surface area contributed by atoms with E-state index in [9.17, 15) is 4.79 Å². The molecule has 3 nitrogen and oxygen atoms in total. The normalized spacial score (nSPS) is 10.5. The average Bonchev–Trinajstić information content (AvgIpc) is 3.17. The maximum atomic E-state index is 11.9. The van der Waals surface area contributed by atoms with Gasteiger partial charge < -0.3 is 5.32 Å². The van der Waals surface area contributed by atoms with Gasteiger partial charge in [-0.1, -0.05) is 36.4 Å². The highest BCUT2D eigenvalue weighted by Gasteiger charge is 2.08. The van der Waals surface area contributed by atoms with E-state index in [0.29, 0.717) is 11.6 Å². The number of carbonyl (C=O) groups excluding carboxylic acids is 1. The van der Waals surface area contributed by atoms with Crippen molar-refractivity contribution < 1.29 is 4.79 Å². The number of amides is 1. The Balaban J connectivity index is 1.58. The van der Waals surface area contributed by atoms with E-state index < -0.39 is 0 Å². The van der Waals surface area contributed by atoms with E-state index in [2.05, 4.69) is 16.4 Å². The molecule has 0 bridgehead atoms. The predicted octanol–water partition coefficient (Wildman–Crippen LogP) is 4.44. The van der Waals surface area contributed by atoms with Crippen molar-refractivity contribution in [3.63, 3.8) is 0 Å². The molecule has 5 heteroatoms. The lowest BCUT2D eigenvalue weighted by atomic mass is 10.2. The molecule has 0 aliphatic carbocycles. The first-order valence-corrected chi connectivity index (χ1v) is 8.40. The molecule has 3 aromatic rings. The van der Waals surface area contributed by atoms with Gasteiger partial charge in [-0.25, -0.2) is 4.98 Å². The smallest absolute Gasteiger partial charge is 0.226 e. The van der Waals surface area contributed by atoms with Crippen LogP contribution in [0.15, 0.2) is 53.2 Å². The van der Waals surface area contributed by atoms with E-state index in [4.69, 9.17) is 0 Å². The molecular formula is C16H14N2OS2. The number of thiazole rings is 1. The summed E-state index contributed by atoms with van der Waals surface area (Å²) in [5.41, 5.74) is 1.96. The van der Waals surface area contributed by atoms with Crippen molar-refractivity contribution in [2.45, 2.75) is 12.8 Å². The molecule has 1 N–H and O–H groups in total. The Hall–Kier alpha value is -1.98. The Morgan fingerprint density at radius 2 is 1.95 bits per heavy atom. The lowest BCUT2D eigenvalue weighted by molar-refractivity contribution is -0.116. The summed E-state index contributed by atoms with van der Waals surface area (Å²) in [5, 5.41) is 7.52. The van der Waals surface area contributed by atoms with Gasteiger partial charge >= 0.3 is 0 Å². The number of hydrogen-bond acceptors (Lipinski definition) is 4. The van der Waals surface area contributed by atoms with Gasteiger partial charge in [0.1, 0.15) is 0 Å². The summed E-state index contributed by atoms with van der Waals surface area (Å²) >= 11 is 3.14. The number of nitrogens with zero attached hydrogens (tertiary/aromatic N) is 1. The molecule has 0 aliphatic rings. The fourth-order valence-electron chi connectivity index (χ4n) is 1.95. The number of nitrogens with one attached hydrogen (secondary N) is 1. The molecule has 0 radical (unpaired) electrons. The number of carbonyl (C=O) groups is 1. The minimum Gasteiger partial charge on any atom is -0.302 e. The first-order valence-electron chi connectivity index (χ1n) is 6.64. The van der Waals surface area contributed by atoms with Crippen molar-refractivity contribution in [2.75, 3.05) is 5.32 Å². The van der Waals surface area contributed by atoms with Crippen LogP contribution >= 0.6 is 22.7 Å². The van der Waals surface area contributed by atoms with Crippen molar-refractivity contribution in [3.8, 4) is 11.3 Å². The molecule has 0 saturated carbocycles. The summed E-state index contributed by atoms with van der Waals surface area (Å²) < 4.78 is 0. The molecule has 3 rings (SSSR count). The lowest BCUT2D eigenvalue weighted by Crippen LogP contribution is -2.11. The monoisotopic (exact) mass is 314 g/mol. The first kappa shape index (κ1) is 14.0. The summed E-state index contributed by atoms with van der Waals surface area (Å²) in [7, 11) is 0. The van der Waals surface area contributed by atoms with Gasteiger partial charge in [-0.3, -0.25) is 4.79 Å². The molecule has 0 spiro atoms. The molecule has 1 amide bonds. The summed E-state index contributed by atoms with van der Waals surface area (Å²) in [6, 6.07) is 14.0. The van der Waals surface area contributed by atoms with Crippen molar-refractivity contribution in [3.05, 3.63) is 58.1 Å². The third kappa shape index (κ3) is 3.77. The SMILES string of the molecule is O=C(CCc1cccs1)Nc1nc(-c2ccccc2)cs1. The number of aromatic nitrogens is 1. The molecule has 0 fully saturated rings. The summed E-state index contributed by atoms with van der Waals surface area (Å²) in [5.74, 6) is 0.0114. The maximum absolute atomic E-state index is 11.9. The van der Waals surface area contributed by atoms with E-state index in [1.54, 1.807) is 11.3 Å². The molecule has 21 heavy (non-hydrogen) atoms. The number of hydrogen-bond donors (Lipinski definition) is 1. The largest absolute Gasteiger partial charge is 0.302 e. The van der Waals surface area contributed by atoms with E-state index >= 15 is 0 Å². The third-order valence-electron chi connectivity index (χ3n) is 3.00. The van der Waals surface area contributed by atoms with E-state index in [1.807, 2.05) is 47.2 Å². The van der Waals surface area contributed by atoms with Crippen LogP contribution in [0.5, 0.6) is 0 Å². The van der Waals surface area contributed by atoms with Crippen LogP contribution in [0.2, 0.25) is 0 Å². The van der Waals surface area contributed by atoms with E-state index in [-0.39, 0.29) is 5.91 Å².